The third kappa shape index (κ3) is 7.16. The SMILES string of the molecule is COC(=O)CN[C@H]1CCCn2nc(C(=O)Nc3cccc(-c4cccc(Nc5nccc6cc(CN7CC[C@@H](O)C7)cnc56)c4Cl)c3Cl)cc21. The zero-order valence-corrected chi connectivity index (χ0v) is 28.8. The minimum Gasteiger partial charge on any atom is -0.468 e. The van der Waals surface area contributed by atoms with Gasteiger partial charge in [-0.2, -0.15) is 5.10 Å². The maximum Gasteiger partial charge on any atom is 0.319 e. The number of nitrogens with zero attached hydrogens (tertiary/aromatic N) is 5. The molecule has 5 aromatic rings. The maximum absolute atomic E-state index is 13.4. The number of β-amino-alcohol motifs (C(OH)–C–C–N with tert-alkyl or cyclic N) is 1. The van der Waals surface area contributed by atoms with Crippen LogP contribution in [0, 0.1) is 0 Å². The number of methoxy groups -OCH3 is 1. The zero-order valence-electron chi connectivity index (χ0n) is 27.3. The van der Waals surface area contributed by atoms with Crippen LogP contribution in [-0.2, 0) is 22.6 Å². The Balaban J connectivity index is 1.09. The van der Waals surface area contributed by atoms with Crippen LogP contribution in [0.2, 0.25) is 10.0 Å². The first kappa shape index (κ1) is 33.9. The highest BCUT2D eigenvalue weighted by atomic mass is 35.5. The number of aliphatic hydroxyl groups is 1. The third-order valence-corrected chi connectivity index (χ3v) is 9.90. The number of ether oxygens (including phenoxy) is 1. The molecule has 1 fully saturated rings. The van der Waals surface area contributed by atoms with Crippen LogP contribution in [0.4, 0.5) is 17.2 Å². The number of rotatable bonds is 10. The molecule has 14 heteroatoms. The topological polar surface area (TPSA) is 147 Å². The normalized spacial score (nSPS) is 17.4. The summed E-state index contributed by atoms with van der Waals surface area (Å²) >= 11 is 13.9. The number of halogens is 2. The molecule has 1 amide bonds. The summed E-state index contributed by atoms with van der Waals surface area (Å²) in [4.78, 5) is 36.6. The Bertz CT molecular complexity index is 2070. The lowest BCUT2D eigenvalue weighted by Crippen LogP contribution is -2.32. The molecule has 2 aromatic carbocycles. The monoisotopic (exact) mass is 714 g/mol. The van der Waals surface area contributed by atoms with E-state index in [1.165, 1.54) is 7.11 Å². The summed E-state index contributed by atoms with van der Waals surface area (Å²) in [7, 11) is 1.35. The van der Waals surface area contributed by atoms with E-state index in [1.54, 1.807) is 29.1 Å². The molecule has 0 unspecified atom stereocenters. The average Bonchev–Trinajstić information content (AvgIpc) is 3.75. The van der Waals surface area contributed by atoms with Gasteiger partial charge < -0.3 is 20.5 Å². The Hall–Kier alpha value is -4.59. The van der Waals surface area contributed by atoms with Crippen LogP contribution >= 0.6 is 23.2 Å². The standard InChI is InChI=1S/C36H36Cl2N8O4/c1-50-31(48)18-40-26-9-4-13-46-30(26)16-29(44-46)36(49)43-28-8-3-6-25(33(28)38)24-5-2-7-27(32(24)37)42-35-34-22(10-12-39-35)15-21(17-41-34)19-45-14-11-23(47)20-45/h2-3,5-8,10,12,15-17,23,26,40,47H,4,9,11,13-14,18-20H2,1H3,(H,39,42)(H,43,49)/t23-,26+/m1/s1. The van der Waals surface area contributed by atoms with Crippen molar-refractivity contribution in [3.63, 3.8) is 0 Å². The van der Waals surface area contributed by atoms with E-state index in [4.69, 9.17) is 32.9 Å². The fourth-order valence-corrected chi connectivity index (χ4v) is 7.11. The molecule has 2 atom stereocenters. The number of likely N-dealkylation sites (tertiary alicyclic amines) is 1. The fourth-order valence-electron chi connectivity index (χ4n) is 6.56. The molecule has 0 bridgehead atoms. The van der Waals surface area contributed by atoms with Gasteiger partial charge in [0, 0.05) is 61.1 Å². The number of carbonyl (C=O) groups is 2. The molecule has 2 aliphatic heterocycles. The van der Waals surface area contributed by atoms with Gasteiger partial charge in [0.1, 0.15) is 5.52 Å². The Morgan fingerprint density at radius 2 is 1.78 bits per heavy atom. The molecule has 258 valence electrons. The molecular weight excluding hydrogens is 679 g/mol. The quantitative estimate of drug-likeness (QED) is 0.128. The van der Waals surface area contributed by atoms with Crippen LogP contribution in [0.5, 0.6) is 0 Å². The van der Waals surface area contributed by atoms with Gasteiger partial charge in [0.25, 0.3) is 5.91 Å². The minimum atomic E-state index is -0.408. The number of anilines is 3. The molecule has 0 aliphatic carbocycles. The van der Waals surface area contributed by atoms with Gasteiger partial charge in [0.05, 0.1) is 46.9 Å². The number of nitrogens with one attached hydrogen (secondary N) is 3. The summed E-state index contributed by atoms with van der Waals surface area (Å²) in [6.07, 6.45) is 5.76. The number of carbonyl (C=O) groups excluding carboxylic acids is 2. The number of benzene rings is 2. The van der Waals surface area contributed by atoms with Crippen LogP contribution in [-0.4, -0.2) is 74.5 Å². The number of hydrogen-bond acceptors (Lipinski definition) is 10. The fraction of sp³-hybridized carbons (Fsp3) is 0.306. The maximum atomic E-state index is 13.4. The lowest BCUT2D eigenvalue weighted by atomic mass is 10.0. The first-order valence-electron chi connectivity index (χ1n) is 16.4. The summed E-state index contributed by atoms with van der Waals surface area (Å²) < 4.78 is 6.54. The van der Waals surface area contributed by atoms with Crippen molar-refractivity contribution in [1.82, 2.24) is 30.0 Å². The number of hydrogen-bond donors (Lipinski definition) is 4. The molecular formula is C36H36Cl2N8O4. The van der Waals surface area contributed by atoms with Crippen molar-refractivity contribution in [2.75, 3.05) is 37.4 Å². The summed E-state index contributed by atoms with van der Waals surface area (Å²) in [5.41, 5.74) is 5.17. The molecule has 0 saturated carbocycles. The third-order valence-electron chi connectivity index (χ3n) is 9.08. The Morgan fingerprint density at radius 3 is 2.54 bits per heavy atom. The van der Waals surface area contributed by atoms with Gasteiger partial charge in [-0.25, -0.2) is 4.98 Å². The van der Waals surface area contributed by atoms with Crippen molar-refractivity contribution < 1.29 is 19.4 Å². The molecule has 7 rings (SSSR count). The highest BCUT2D eigenvalue weighted by Gasteiger charge is 2.26. The molecule has 4 N–H and O–H groups in total. The van der Waals surface area contributed by atoms with Crippen molar-refractivity contribution in [2.24, 2.45) is 0 Å². The second-order valence-electron chi connectivity index (χ2n) is 12.5. The summed E-state index contributed by atoms with van der Waals surface area (Å²) in [5.74, 6) is -0.208. The van der Waals surface area contributed by atoms with E-state index in [0.717, 1.165) is 49.0 Å². The lowest BCUT2D eigenvalue weighted by Gasteiger charge is -2.24. The highest BCUT2D eigenvalue weighted by Crippen LogP contribution is 2.41. The van der Waals surface area contributed by atoms with Crippen molar-refractivity contribution in [3.05, 3.63) is 94.0 Å². The Morgan fingerprint density at radius 1 is 1.00 bits per heavy atom. The van der Waals surface area contributed by atoms with E-state index in [1.807, 2.05) is 36.5 Å². The van der Waals surface area contributed by atoms with E-state index >= 15 is 0 Å². The summed E-state index contributed by atoms with van der Waals surface area (Å²) in [6.45, 7) is 2.99. The van der Waals surface area contributed by atoms with E-state index < -0.39 is 5.91 Å². The van der Waals surface area contributed by atoms with E-state index in [-0.39, 0.29) is 30.4 Å². The number of fused-ring (bicyclic) bond motifs is 2. The van der Waals surface area contributed by atoms with Crippen molar-refractivity contribution >= 4 is 63.2 Å². The number of amides is 1. The Kier molecular flexibility index (Phi) is 9.97. The van der Waals surface area contributed by atoms with Crippen molar-refractivity contribution in [1.29, 1.82) is 0 Å². The molecule has 5 heterocycles. The van der Waals surface area contributed by atoms with E-state index in [9.17, 15) is 14.7 Å². The van der Waals surface area contributed by atoms with Gasteiger partial charge in [-0.3, -0.25) is 29.5 Å². The van der Waals surface area contributed by atoms with Gasteiger partial charge in [-0.05, 0) is 55.2 Å². The van der Waals surface area contributed by atoms with Crippen LogP contribution in [0.25, 0.3) is 22.0 Å². The van der Waals surface area contributed by atoms with Gasteiger partial charge in [-0.15, -0.1) is 0 Å². The number of aromatic nitrogens is 4. The smallest absolute Gasteiger partial charge is 0.319 e. The van der Waals surface area contributed by atoms with E-state index in [0.29, 0.717) is 57.0 Å². The lowest BCUT2D eigenvalue weighted by molar-refractivity contribution is -0.139. The number of aliphatic hydroxyl groups excluding tert-OH is 1. The minimum absolute atomic E-state index is 0.0672. The first-order valence-corrected chi connectivity index (χ1v) is 17.2. The van der Waals surface area contributed by atoms with Crippen LogP contribution in [0.3, 0.4) is 0 Å². The summed E-state index contributed by atoms with van der Waals surface area (Å²) in [6, 6.07) is 16.6. The number of esters is 1. The van der Waals surface area contributed by atoms with Crippen LogP contribution < -0.4 is 16.0 Å². The van der Waals surface area contributed by atoms with Gasteiger partial charge >= 0.3 is 5.97 Å². The van der Waals surface area contributed by atoms with Gasteiger partial charge in [0.15, 0.2) is 11.5 Å². The largest absolute Gasteiger partial charge is 0.468 e. The van der Waals surface area contributed by atoms with Gasteiger partial charge in [-0.1, -0.05) is 47.5 Å². The predicted molar refractivity (Wildman–Crippen MR) is 193 cm³/mol. The molecule has 12 nitrogen and oxygen atoms in total. The second kappa shape index (κ2) is 14.7. The second-order valence-corrected chi connectivity index (χ2v) is 13.3. The number of aryl methyl sites for hydroxylation is 1. The Labute approximate surface area is 298 Å². The number of pyridine rings is 2. The zero-order chi connectivity index (χ0) is 34.8. The molecule has 0 spiro atoms. The molecule has 2 aliphatic rings. The molecule has 50 heavy (non-hydrogen) atoms. The molecule has 1 saturated heterocycles. The van der Waals surface area contributed by atoms with Gasteiger partial charge in [0.2, 0.25) is 0 Å². The first-order chi connectivity index (χ1) is 24.3. The van der Waals surface area contributed by atoms with Crippen LogP contribution in [0.15, 0.2) is 67.0 Å². The summed E-state index contributed by atoms with van der Waals surface area (Å²) in [5, 5.41) is 25.6. The predicted octanol–water partition coefficient (Wildman–Crippen LogP) is 5.96. The van der Waals surface area contributed by atoms with E-state index in [2.05, 4.69) is 37.0 Å². The average molecular weight is 716 g/mol. The van der Waals surface area contributed by atoms with Crippen molar-refractivity contribution in [3.8, 4) is 11.1 Å². The molecule has 0 radical (unpaired) electrons. The highest BCUT2D eigenvalue weighted by molar-refractivity contribution is 6.39. The molecule has 3 aromatic heterocycles. The van der Waals surface area contributed by atoms with Crippen LogP contribution in [0.1, 0.15) is 47.1 Å². The van der Waals surface area contributed by atoms with Crippen molar-refractivity contribution in [2.45, 2.75) is 44.5 Å².